The molecule has 0 saturated carbocycles. The maximum absolute atomic E-state index is 12.4. The number of aromatic amines is 2. The van der Waals surface area contributed by atoms with E-state index in [1.165, 1.54) is 13.0 Å². The van der Waals surface area contributed by atoms with E-state index in [2.05, 4.69) is 9.97 Å². The maximum Gasteiger partial charge on any atom is 0.346 e. The van der Waals surface area contributed by atoms with Gasteiger partial charge in [0.15, 0.2) is 0 Å². The van der Waals surface area contributed by atoms with Crippen molar-refractivity contribution in [1.82, 2.24) is 15.0 Å². The number of nitrogens with zero attached hydrogens (tertiary/aromatic N) is 3. The molecule has 10 nitrogen and oxygen atoms in total. The summed E-state index contributed by atoms with van der Waals surface area (Å²) in [5, 5.41) is 23.7. The van der Waals surface area contributed by atoms with Crippen LogP contribution in [-0.4, -0.2) is 19.9 Å². The third-order valence-electron chi connectivity index (χ3n) is 3.49. The van der Waals surface area contributed by atoms with E-state index >= 15 is 0 Å². The van der Waals surface area contributed by atoms with Gasteiger partial charge in [-0.2, -0.15) is 0 Å². The lowest BCUT2D eigenvalue weighted by Gasteiger charge is -2.07. The Morgan fingerprint density at radius 2 is 1.91 bits per heavy atom. The second-order valence-electron chi connectivity index (χ2n) is 4.80. The lowest BCUT2D eigenvalue weighted by Crippen LogP contribution is -2.38. The van der Waals surface area contributed by atoms with Crippen LogP contribution in [0.5, 0.6) is 0 Å². The van der Waals surface area contributed by atoms with Crippen LogP contribution in [-0.2, 0) is 0 Å². The molecule has 3 rings (SSSR count). The van der Waals surface area contributed by atoms with Crippen LogP contribution in [0, 0.1) is 29.2 Å². The van der Waals surface area contributed by atoms with Crippen LogP contribution >= 0.6 is 0 Å². The Hall–Kier alpha value is -3.30. The SMILES string of the molecule is Cc1cc2nc3[nH]c(=O)[nH]c(=O)c3[n+]([O-])c2c([N+](=O)[O-])c1C. The molecular weight excluding hydrogens is 294 g/mol. The first kappa shape index (κ1) is 13.7. The number of nitro groups is 1. The molecule has 2 heterocycles. The van der Waals surface area contributed by atoms with E-state index in [-0.39, 0.29) is 21.4 Å². The molecular formula is C12H9N5O5. The summed E-state index contributed by atoms with van der Waals surface area (Å²) in [5.74, 6) is 0. The van der Waals surface area contributed by atoms with Gasteiger partial charge in [0.2, 0.25) is 5.65 Å². The average Bonchev–Trinajstić information content (AvgIpc) is 2.39. The smallest absolute Gasteiger partial charge is 0.346 e. The summed E-state index contributed by atoms with van der Waals surface area (Å²) in [7, 11) is 0. The number of H-pyrrole nitrogens is 2. The zero-order valence-electron chi connectivity index (χ0n) is 11.5. The first-order valence-corrected chi connectivity index (χ1v) is 6.15. The molecule has 0 spiro atoms. The number of nitro benzene ring substituents is 1. The van der Waals surface area contributed by atoms with E-state index in [1.807, 2.05) is 4.98 Å². The van der Waals surface area contributed by atoms with Gasteiger partial charge in [-0.15, -0.1) is 4.73 Å². The zero-order chi connectivity index (χ0) is 16.2. The quantitative estimate of drug-likeness (QED) is 0.211. The van der Waals surface area contributed by atoms with Gasteiger partial charge < -0.3 is 5.21 Å². The number of aryl methyl sites for hydroxylation is 1. The number of benzene rings is 1. The molecule has 0 unspecified atom stereocenters. The first-order chi connectivity index (χ1) is 10.3. The molecule has 0 radical (unpaired) electrons. The number of fused-ring (bicyclic) bond motifs is 2. The van der Waals surface area contributed by atoms with Gasteiger partial charge in [0.1, 0.15) is 5.52 Å². The molecule has 0 amide bonds. The minimum atomic E-state index is -0.962. The minimum absolute atomic E-state index is 0.0264. The number of aromatic nitrogens is 4. The third kappa shape index (κ3) is 1.74. The van der Waals surface area contributed by atoms with Crippen LogP contribution < -0.4 is 16.0 Å². The minimum Gasteiger partial charge on any atom is -0.617 e. The van der Waals surface area contributed by atoms with Gasteiger partial charge in [-0.25, -0.2) is 9.78 Å². The Labute approximate surface area is 120 Å². The summed E-state index contributed by atoms with van der Waals surface area (Å²) in [4.78, 5) is 41.8. The van der Waals surface area contributed by atoms with E-state index in [0.717, 1.165) is 0 Å². The predicted octanol–water partition coefficient (Wildman–Crippen LogP) is -0.0770. The van der Waals surface area contributed by atoms with E-state index in [1.54, 1.807) is 6.92 Å². The van der Waals surface area contributed by atoms with E-state index in [4.69, 9.17) is 0 Å². The number of rotatable bonds is 1. The van der Waals surface area contributed by atoms with Crippen molar-refractivity contribution in [2.75, 3.05) is 0 Å². The van der Waals surface area contributed by atoms with Crippen LogP contribution in [0.4, 0.5) is 5.69 Å². The fraction of sp³-hybridized carbons (Fsp3) is 0.167. The molecule has 0 aliphatic rings. The highest BCUT2D eigenvalue weighted by Gasteiger charge is 2.29. The summed E-state index contributed by atoms with van der Waals surface area (Å²) in [6.45, 7) is 3.15. The summed E-state index contributed by atoms with van der Waals surface area (Å²) >= 11 is 0. The topological polar surface area (TPSA) is 149 Å². The number of nitrogens with one attached hydrogen (secondary N) is 2. The molecule has 0 atom stereocenters. The monoisotopic (exact) mass is 303 g/mol. The van der Waals surface area contributed by atoms with Gasteiger partial charge in [0.05, 0.1) is 4.92 Å². The zero-order valence-corrected chi connectivity index (χ0v) is 11.5. The maximum atomic E-state index is 12.4. The van der Waals surface area contributed by atoms with Crippen LogP contribution in [0.15, 0.2) is 15.7 Å². The Morgan fingerprint density at radius 1 is 1.23 bits per heavy atom. The second-order valence-corrected chi connectivity index (χ2v) is 4.80. The van der Waals surface area contributed by atoms with Gasteiger partial charge in [-0.05, 0) is 25.5 Å². The molecule has 3 aromatic rings. The largest absolute Gasteiger partial charge is 0.617 e. The lowest BCUT2D eigenvalue weighted by atomic mass is 10.1. The molecule has 10 heteroatoms. The molecule has 22 heavy (non-hydrogen) atoms. The van der Waals surface area contributed by atoms with Crippen molar-refractivity contribution in [1.29, 1.82) is 0 Å². The summed E-state index contributed by atoms with van der Waals surface area (Å²) in [6.07, 6.45) is 0. The highest BCUT2D eigenvalue weighted by molar-refractivity contribution is 5.87. The van der Waals surface area contributed by atoms with Gasteiger partial charge in [-0.3, -0.25) is 24.9 Å². The van der Waals surface area contributed by atoms with E-state index in [9.17, 15) is 24.9 Å². The van der Waals surface area contributed by atoms with Crippen molar-refractivity contribution in [2.24, 2.45) is 0 Å². The number of hydrogen-bond acceptors (Lipinski definition) is 6. The van der Waals surface area contributed by atoms with Crippen molar-refractivity contribution in [3.05, 3.63) is 53.4 Å². The Balaban J connectivity index is 2.70. The second kappa shape index (κ2) is 4.35. The fourth-order valence-corrected chi connectivity index (χ4v) is 2.35. The molecule has 2 N–H and O–H groups in total. The van der Waals surface area contributed by atoms with Gasteiger partial charge in [0.25, 0.3) is 0 Å². The molecule has 0 aliphatic carbocycles. The summed E-state index contributed by atoms with van der Waals surface area (Å²) < 4.78 is 0.136. The lowest BCUT2D eigenvalue weighted by molar-refractivity contribution is -0.553. The normalized spacial score (nSPS) is 11.2. The molecule has 0 aliphatic heterocycles. The molecule has 0 saturated heterocycles. The molecule has 0 bridgehead atoms. The van der Waals surface area contributed by atoms with E-state index in [0.29, 0.717) is 11.1 Å². The predicted molar refractivity (Wildman–Crippen MR) is 75.6 cm³/mol. The molecule has 112 valence electrons. The Bertz CT molecular complexity index is 1080. The van der Waals surface area contributed by atoms with Gasteiger partial charge >= 0.3 is 28.0 Å². The Kier molecular flexibility index (Phi) is 2.70. The van der Waals surface area contributed by atoms with Gasteiger partial charge in [0, 0.05) is 5.56 Å². The summed E-state index contributed by atoms with van der Waals surface area (Å²) in [6, 6.07) is 1.49. The van der Waals surface area contributed by atoms with Crippen LogP contribution in [0.3, 0.4) is 0 Å². The van der Waals surface area contributed by atoms with Crippen LogP contribution in [0.1, 0.15) is 11.1 Å². The van der Waals surface area contributed by atoms with Crippen molar-refractivity contribution >= 4 is 27.9 Å². The molecule has 2 aromatic heterocycles. The standard InChI is InChI=1S/C12H9N5O5/c1-4-3-6-8(7(5(4)2)17(21)22)16(20)9-10(13-6)14-12(19)15-11(9)18/h3H,1-2H3,(H2,13,14,15,18,19). The van der Waals surface area contributed by atoms with Crippen molar-refractivity contribution in [2.45, 2.75) is 13.8 Å². The van der Waals surface area contributed by atoms with E-state index < -0.39 is 27.4 Å². The molecule has 0 fully saturated rings. The highest BCUT2D eigenvalue weighted by atomic mass is 16.6. The number of hydrogen-bond donors (Lipinski definition) is 2. The highest BCUT2D eigenvalue weighted by Crippen LogP contribution is 2.29. The average molecular weight is 303 g/mol. The first-order valence-electron chi connectivity index (χ1n) is 6.15. The molecule has 1 aromatic carbocycles. The Morgan fingerprint density at radius 3 is 2.55 bits per heavy atom. The van der Waals surface area contributed by atoms with Crippen LogP contribution in [0.2, 0.25) is 0 Å². The fourth-order valence-electron chi connectivity index (χ4n) is 2.35. The third-order valence-corrected chi connectivity index (χ3v) is 3.49. The summed E-state index contributed by atoms with van der Waals surface area (Å²) in [5.41, 5.74) is -2.32. The van der Waals surface area contributed by atoms with Crippen molar-refractivity contribution in [3.63, 3.8) is 0 Å². The van der Waals surface area contributed by atoms with Crippen LogP contribution in [0.25, 0.3) is 22.2 Å². The van der Waals surface area contributed by atoms with Crippen molar-refractivity contribution < 1.29 is 9.65 Å². The van der Waals surface area contributed by atoms with Crippen molar-refractivity contribution in [3.8, 4) is 0 Å². The van der Waals surface area contributed by atoms with Gasteiger partial charge in [-0.1, -0.05) is 0 Å².